The summed E-state index contributed by atoms with van der Waals surface area (Å²) in [6, 6.07) is 7.39. The van der Waals surface area contributed by atoms with Crippen LogP contribution in [0.2, 0.25) is 0 Å². The molecule has 0 heterocycles. The Balaban J connectivity index is 1.92. The van der Waals surface area contributed by atoms with Crippen LogP contribution in [-0.4, -0.2) is 18.9 Å². The van der Waals surface area contributed by atoms with Crippen LogP contribution >= 0.6 is 0 Å². The van der Waals surface area contributed by atoms with Crippen LogP contribution in [0.25, 0.3) is 0 Å². The van der Waals surface area contributed by atoms with E-state index in [-0.39, 0.29) is 12.3 Å². The minimum Gasteiger partial charge on any atom is -0.493 e. The Hall–Kier alpha value is -1.35. The van der Waals surface area contributed by atoms with Gasteiger partial charge in [0.05, 0.1) is 18.7 Å². The molecule has 27 heavy (non-hydrogen) atoms. The molecule has 3 nitrogen and oxygen atoms in total. The van der Waals surface area contributed by atoms with Gasteiger partial charge in [0.15, 0.2) is 5.78 Å². The first kappa shape index (κ1) is 23.7. The van der Waals surface area contributed by atoms with Gasteiger partial charge in [-0.1, -0.05) is 103 Å². The molecule has 2 N–H and O–H groups in total. The van der Waals surface area contributed by atoms with Crippen LogP contribution in [0.15, 0.2) is 24.3 Å². The molecule has 0 fully saturated rings. The molecule has 0 aliphatic heterocycles. The minimum absolute atomic E-state index is 0.0270. The fraction of sp³-hybridized carbons (Fsp3) is 0.708. The second kappa shape index (κ2) is 16.8. The summed E-state index contributed by atoms with van der Waals surface area (Å²) in [6.45, 7) is 2.98. The van der Waals surface area contributed by atoms with Crippen LogP contribution in [0, 0.1) is 0 Å². The fourth-order valence-corrected chi connectivity index (χ4v) is 3.41. The molecule has 0 aliphatic carbocycles. The molecule has 0 amide bonds. The largest absolute Gasteiger partial charge is 0.493 e. The summed E-state index contributed by atoms with van der Waals surface area (Å²) in [5.41, 5.74) is 6.06. The van der Waals surface area contributed by atoms with E-state index in [9.17, 15) is 4.79 Å². The monoisotopic (exact) mass is 375 g/mol. The van der Waals surface area contributed by atoms with Crippen LogP contribution in [0.5, 0.6) is 5.75 Å². The summed E-state index contributed by atoms with van der Waals surface area (Å²) in [7, 11) is 0. The first-order valence-corrected chi connectivity index (χ1v) is 11.2. The highest BCUT2D eigenvalue weighted by molar-refractivity contribution is 5.99. The van der Waals surface area contributed by atoms with Gasteiger partial charge in [0, 0.05) is 0 Å². The third kappa shape index (κ3) is 11.9. The van der Waals surface area contributed by atoms with Gasteiger partial charge in [-0.3, -0.25) is 4.79 Å². The predicted molar refractivity (Wildman–Crippen MR) is 116 cm³/mol. The average molecular weight is 376 g/mol. The first-order valence-electron chi connectivity index (χ1n) is 11.2. The van der Waals surface area contributed by atoms with E-state index in [1.54, 1.807) is 6.07 Å². The second-order valence-electron chi connectivity index (χ2n) is 7.57. The van der Waals surface area contributed by atoms with Crippen molar-refractivity contribution >= 4 is 5.78 Å². The second-order valence-corrected chi connectivity index (χ2v) is 7.57. The van der Waals surface area contributed by atoms with E-state index in [2.05, 4.69) is 6.92 Å². The molecule has 0 spiro atoms. The first-order chi connectivity index (χ1) is 13.3. The van der Waals surface area contributed by atoms with E-state index in [1.807, 2.05) is 18.2 Å². The van der Waals surface area contributed by atoms with Crippen molar-refractivity contribution in [1.82, 2.24) is 0 Å². The van der Waals surface area contributed by atoms with Gasteiger partial charge in [-0.05, 0) is 18.6 Å². The molecule has 0 aliphatic rings. The zero-order valence-electron chi connectivity index (χ0n) is 17.5. The number of hydrogen-bond acceptors (Lipinski definition) is 3. The van der Waals surface area contributed by atoms with E-state index >= 15 is 0 Å². The number of Topliss-reactive ketones (excluding diaryl/α,β-unsaturated/α-hetero) is 1. The maximum absolute atomic E-state index is 11.8. The predicted octanol–water partition coefficient (Wildman–Crippen LogP) is 6.69. The van der Waals surface area contributed by atoms with Crippen molar-refractivity contribution in [3.05, 3.63) is 29.8 Å². The Labute approximate surface area is 167 Å². The topological polar surface area (TPSA) is 52.3 Å². The molecule has 0 unspecified atom stereocenters. The quantitative estimate of drug-likeness (QED) is 0.230. The summed E-state index contributed by atoms with van der Waals surface area (Å²) in [5, 5.41) is 0. The lowest BCUT2D eigenvalue weighted by Gasteiger charge is -2.10. The number of benzene rings is 1. The lowest BCUT2D eigenvalue weighted by molar-refractivity contribution is 0.0997. The van der Waals surface area contributed by atoms with E-state index < -0.39 is 0 Å². The number of carbonyl (C=O) groups excluding carboxylic acids is 1. The van der Waals surface area contributed by atoms with Gasteiger partial charge in [0.25, 0.3) is 0 Å². The van der Waals surface area contributed by atoms with Gasteiger partial charge in [-0.2, -0.15) is 0 Å². The lowest BCUT2D eigenvalue weighted by atomic mass is 10.0. The summed E-state index contributed by atoms with van der Waals surface area (Å²) in [6.07, 6.45) is 18.9. The van der Waals surface area contributed by atoms with Crippen molar-refractivity contribution < 1.29 is 9.53 Å². The summed E-state index contributed by atoms with van der Waals surface area (Å²) in [4.78, 5) is 11.8. The molecule has 0 saturated heterocycles. The fourth-order valence-electron chi connectivity index (χ4n) is 3.41. The van der Waals surface area contributed by atoms with Crippen molar-refractivity contribution in [2.45, 2.75) is 96.8 Å². The minimum atomic E-state index is -0.0634. The number of unbranched alkanes of at least 4 members (excludes halogenated alkanes) is 13. The zero-order valence-corrected chi connectivity index (χ0v) is 17.5. The Morgan fingerprint density at radius 1 is 0.778 bits per heavy atom. The van der Waals surface area contributed by atoms with E-state index in [0.717, 1.165) is 6.42 Å². The standard InChI is InChI=1S/C24H41NO2/c1-2-3-4-5-6-7-8-9-10-11-12-13-14-17-20-27-24-19-16-15-18-22(24)23(26)21-25/h15-16,18-19H,2-14,17,20-21,25H2,1H3. The molecular formula is C24H41NO2. The van der Waals surface area contributed by atoms with Crippen molar-refractivity contribution in [2.75, 3.05) is 13.2 Å². The van der Waals surface area contributed by atoms with Gasteiger partial charge in [-0.25, -0.2) is 0 Å². The van der Waals surface area contributed by atoms with Crippen LogP contribution < -0.4 is 10.5 Å². The van der Waals surface area contributed by atoms with Crippen molar-refractivity contribution in [2.24, 2.45) is 5.73 Å². The maximum Gasteiger partial charge on any atom is 0.180 e. The smallest absolute Gasteiger partial charge is 0.180 e. The zero-order chi connectivity index (χ0) is 19.6. The number of nitrogens with two attached hydrogens (primary N) is 1. The highest BCUT2D eigenvalue weighted by Gasteiger charge is 2.09. The van der Waals surface area contributed by atoms with Gasteiger partial charge >= 0.3 is 0 Å². The Morgan fingerprint density at radius 3 is 1.78 bits per heavy atom. The lowest BCUT2D eigenvalue weighted by Crippen LogP contribution is -2.15. The third-order valence-electron chi connectivity index (χ3n) is 5.13. The molecule has 1 aromatic rings. The normalized spacial score (nSPS) is 10.9. The summed E-state index contributed by atoms with van der Waals surface area (Å²) < 4.78 is 5.79. The molecule has 0 saturated carbocycles. The maximum atomic E-state index is 11.8. The molecule has 1 aromatic carbocycles. The molecule has 0 atom stereocenters. The molecule has 0 aromatic heterocycles. The number of ketones is 1. The number of ether oxygens (including phenoxy) is 1. The highest BCUT2D eigenvalue weighted by Crippen LogP contribution is 2.19. The van der Waals surface area contributed by atoms with E-state index in [0.29, 0.717) is 17.9 Å². The molecule has 154 valence electrons. The van der Waals surface area contributed by atoms with E-state index in [4.69, 9.17) is 10.5 Å². The molecular weight excluding hydrogens is 334 g/mol. The molecule has 1 rings (SSSR count). The Bertz CT molecular complexity index is 487. The highest BCUT2D eigenvalue weighted by atomic mass is 16.5. The van der Waals surface area contributed by atoms with Gasteiger partial charge in [0.1, 0.15) is 5.75 Å². The number of para-hydroxylation sites is 1. The number of hydrogen-bond donors (Lipinski definition) is 1. The third-order valence-corrected chi connectivity index (χ3v) is 5.13. The van der Waals surface area contributed by atoms with Crippen LogP contribution in [0.4, 0.5) is 0 Å². The van der Waals surface area contributed by atoms with Crippen molar-refractivity contribution in [3.63, 3.8) is 0 Å². The van der Waals surface area contributed by atoms with E-state index in [1.165, 1.54) is 83.5 Å². The van der Waals surface area contributed by atoms with Crippen LogP contribution in [-0.2, 0) is 0 Å². The SMILES string of the molecule is CCCCCCCCCCCCCCCCOc1ccccc1C(=O)CN. The molecule has 3 heteroatoms. The van der Waals surface area contributed by atoms with Gasteiger partial charge < -0.3 is 10.5 Å². The Kier molecular flexibility index (Phi) is 14.7. The molecule has 0 bridgehead atoms. The molecule has 0 radical (unpaired) electrons. The number of rotatable bonds is 18. The summed E-state index contributed by atoms with van der Waals surface area (Å²) >= 11 is 0. The van der Waals surface area contributed by atoms with Gasteiger partial charge in [0.2, 0.25) is 0 Å². The average Bonchev–Trinajstić information content (AvgIpc) is 2.70. The van der Waals surface area contributed by atoms with Crippen molar-refractivity contribution in [1.29, 1.82) is 0 Å². The summed E-state index contributed by atoms with van der Waals surface area (Å²) in [5.74, 6) is 0.606. The van der Waals surface area contributed by atoms with Gasteiger partial charge in [-0.15, -0.1) is 0 Å². The van der Waals surface area contributed by atoms with Crippen LogP contribution in [0.3, 0.4) is 0 Å². The van der Waals surface area contributed by atoms with Crippen molar-refractivity contribution in [3.8, 4) is 5.75 Å². The number of carbonyl (C=O) groups is 1. The van der Waals surface area contributed by atoms with Crippen LogP contribution in [0.1, 0.15) is 107 Å². The Morgan fingerprint density at radius 2 is 1.26 bits per heavy atom.